The Bertz CT molecular complexity index is 3590. The summed E-state index contributed by atoms with van der Waals surface area (Å²) in [5.74, 6) is 1.84. The van der Waals surface area contributed by atoms with Gasteiger partial charge in [0.2, 0.25) is 11.6 Å². The van der Waals surface area contributed by atoms with Gasteiger partial charge in [-0.3, -0.25) is 17.9 Å². The van der Waals surface area contributed by atoms with Crippen LogP contribution in [-0.4, -0.2) is 42.3 Å². The van der Waals surface area contributed by atoms with E-state index >= 15 is 0 Å². The molecule has 6 heterocycles. The van der Waals surface area contributed by atoms with Gasteiger partial charge in [0, 0.05) is 0 Å². The number of aromatic amines is 2. The van der Waals surface area contributed by atoms with Crippen molar-refractivity contribution >= 4 is 77.9 Å². The summed E-state index contributed by atoms with van der Waals surface area (Å²) in [5.41, 5.74) is 20.3. The Hall–Kier alpha value is -7.60. The third kappa shape index (κ3) is 5.03. The number of fused-ring (bicyclic) bond motifs is 12. The van der Waals surface area contributed by atoms with Crippen LogP contribution in [-0.2, 0) is 10.8 Å². The summed E-state index contributed by atoms with van der Waals surface area (Å²) >= 11 is 0. The second kappa shape index (κ2) is 12.2. The highest BCUT2D eigenvalue weighted by Gasteiger charge is 2.27. The number of rotatable bonds is 2. The molecule has 0 atom stereocenters. The first-order chi connectivity index (χ1) is 28.8. The number of aromatic nitrogens is 9. The quantitative estimate of drug-likeness (QED) is 0.150. The van der Waals surface area contributed by atoms with Crippen LogP contribution in [0.5, 0.6) is 0 Å². The number of anilines is 1. The average molecular weight is 791 g/mol. The first-order valence-electron chi connectivity index (χ1n) is 20.1. The van der Waals surface area contributed by atoms with Gasteiger partial charge in [0.15, 0.2) is 0 Å². The molecular weight excluding hydrogens is 749 g/mol. The van der Waals surface area contributed by atoms with Gasteiger partial charge in [0.1, 0.15) is 5.52 Å². The smallest absolute Gasteiger partial charge is 0.331 e. The van der Waals surface area contributed by atoms with Crippen LogP contribution in [0.1, 0.15) is 52.7 Å². The van der Waals surface area contributed by atoms with Crippen molar-refractivity contribution in [2.24, 2.45) is 0 Å². The lowest BCUT2D eigenvalue weighted by atomic mass is 9.86. The second-order valence-electron chi connectivity index (χ2n) is 17.7. The first-order valence-corrected chi connectivity index (χ1v) is 20.1. The van der Waals surface area contributed by atoms with E-state index in [4.69, 9.17) is 15.7 Å². The molecule has 12 rings (SSSR count). The van der Waals surface area contributed by atoms with Crippen molar-refractivity contribution in [1.29, 1.82) is 0 Å². The average Bonchev–Trinajstić information content (AvgIpc) is 4.04. The van der Waals surface area contributed by atoms with Gasteiger partial charge in [-0.1, -0.05) is 90.1 Å². The molecule has 0 radical (unpaired) electrons. The maximum Gasteiger partial charge on any atom is 0.331 e. The summed E-state index contributed by atoms with van der Waals surface area (Å²) in [6.07, 6.45) is 0. The van der Waals surface area contributed by atoms with Gasteiger partial charge in [-0.15, -0.1) is 0 Å². The van der Waals surface area contributed by atoms with E-state index in [1.807, 2.05) is 72.8 Å². The zero-order chi connectivity index (χ0) is 41.4. The number of benzene rings is 6. The Labute approximate surface area is 342 Å². The number of hydrogen-bond donors (Lipinski definition) is 3. The highest BCUT2D eigenvalue weighted by atomic mass is 16.1. The number of hydrogen-bond acceptors (Lipinski definition) is 5. The Morgan fingerprint density at radius 2 is 0.867 bits per heavy atom. The minimum absolute atomic E-state index is 0.0363. The third-order valence-corrected chi connectivity index (χ3v) is 11.8. The SMILES string of the molecule is CC(C)(C)c1cc(-n2c(=O)[nH]c3ccccc32)c(N)c(-n2c(=O)[nH]c3ccccc32)c1.CC(C)(C)c1cc2c3c(c1)n1c4ccccc4nc1n3c1nc3ccccc3n21. The van der Waals surface area contributed by atoms with Crippen LogP contribution in [0.2, 0.25) is 0 Å². The van der Waals surface area contributed by atoms with E-state index in [1.54, 1.807) is 9.13 Å². The lowest BCUT2D eigenvalue weighted by molar-refractivity contribution is 0.589. The summed E-state index contributed by atoms with van der Waals surface area (Å²) in [6, 6.07) is 40.1. The van der Waals surface area contributed by atoms with E-state index in [1.165, 1.54) is 22.1 Å². The molecule has 0 amide bonds. The lowest BCUT2D eigenvalue weighted by Gasteiger charge is -2.23. The van der Waals surface area contributed by atoms with Crippen LogP contribution < -0.4 is 17.1 Å². The van der Waals surface area contributed by atoms with Crippen molar-refractivity contribution in [3.05, 3.63) is 153 Å². The first kappa shape index (κ1) is 35.6. The maximum absolute atomic E-state index is 12.9. The van der Waals surface area contributed by atoms with Crippen molar-refractivity contribution in [3.63, 3.8) is 0 Å². The van der Waals surface area contributed by atoms with Crippen molar-refractivity contribution < 1.29 is 0 Å². The fourth-order valence-corrected chi connectivity index (χ4v) is 8.71. The molecule has 0 saturated heterocycles. The van der Waals surface area contributed by atoms with E-state index in [2.05, 4.69) is 113 Å². The Morgan fingerprint density at radius 3 is 1.30 bits per heavy atom. The molecule has 6 aromatic carbocycles. The van der Waals surface area contributed by atoms with E-state index < -0.39 is 0 Å². The van der Waals surface area contributed by atoms with E-state index in [-0.39, 0.29) is 22.2 Å². The number of nitrogens with one attached hydrogen (secondary N) is 2. The van der Waals surface area contributed by atoms with Crippen LogP contribution in [0, 0.1) is 0 Å². The van der Waals surface area contributed by atoms with Crippen LogP contribution in [0.3, 0.4) is 0 Å². The van der Waals surface area contributed by atoms with Crippen molar-refractivity contribution in [1.82, 2.24) is 42.3 Å². The largest absolute Gasteiger partial charge is 0.395 e. The molecule has 0 saturated carbocycles. The van der Waals surface area contributed by atoms with E-state index in [0.717, 1.165) is 61.3 Å². The fourth-order valence-electron chi connectivity index (χ4n) is 8.71. The molecule has 0 spiro atoms. The minimum Gasteiger partial charge on any atom is -0.395 e. The van der Waals surface area contributed by atoms with Crippen LogP contribution in [0.25, 0.3) is 83.6 Å². The highest BCUT2D eigenvalue weighted by Crippen LogP contribution is 2.38. The van der Waals surface area contributed by atoms with E-state index in [9.17, 15) is 9.59 Å². The van der Waals surface area contributed by atoms with Gasteiger partial charge < -0.3 is 15.7 Å². The zero-order valence-electron chi connectivity index (χ0n) is 34.1. The number of imidazole rings is 6. The van der Waals surface area contributed by atoms with Gasteiger partial charge in [0.25, 0.3) is 0 Å². The number of H-pyrrole nitrogens is 2. The molecule has 0 bridgehead atoms. The van der Waals surface area contributed by atoms with Gasteiger partial charge in [-0.25, -0.2) is 24.0 Å². The van der Waals surface area contributed by atoms with Gasteiger partial charge in [0.05, 0.1) is 72.2 Å². The molecule has 296 valence electrons. The fraction of sp³-hybridized carbons (Fsp3) is 0.167. The molecule has 12 aromatic rings. The number of nitrogens with zero attached hydrogens (tertiary/aromatic N) is 7. The Kier molecular flexibility index (Phi) is 7.24. The summed E-state index contributed by atoms with van der Waals surface area (Å²) < 4.78 is 9.93. The van der Waals surface area contributed by atoms with Crippen LogP contribution >= 0.6 is 0 Å². The van der Waals surface area contributed by atoms with Crippen molar-refractivity contribution in [2.75, 3.05) is 5.73 Å². The standard InChI is InChI=1S/C24H23N5O2.C24H19N5/c1-24(2,3)14-12-19(28-17-10-6-4-8-15(17)26-22(28)30)21(25)20(13-14)29-18-11-7-5-9-16(18)27-23(29)31;1-24(2,3)14-12-19-21-20(13-14)28-18-11-7-5-9-16(18)26-23(28)29(21)22-25-15-8-4-6-10-17(15)27(19)22/h4-13H,25H2,1-3H3,(H,26,30)(H,27,31);4-13H,1-3H3. The molecule has 60 heavy (non-hydrogen) atoms. The molecule has 0 aliphatic carbocycles. The van der Waals surface area contributed by atoms with Gasteiger partial charge in [-0.05, 0) is 94.8 Å². The molecule has 4 N–H and O–H groups in total. The molecule has 6 aromatic heterocycles. The predicted molar refractivity (Wildman–Crippen MR) is 242 cm³/mol. The summed E-state index contributed by atoms with van der Waals surface area (Å²) in [7, 11) is 0. The monoisotopic (exact) mass is 790 g/mol. The summed E-state index contributed by atoms with van der Waals surface area (Å²) in [4.78, 5) is 41.6. The number of nitrogen functional groups attached to an aromatic ring is 1. The topological polar surface area (TPSA) is 141 Å². The molecular formula is C48H42N10O2. The van der Waals surface area contributed by atoms with Gasteiger partial charge in [-0.2, -0.15) is 0 Å². The van der Waals surface area contributed by atoms with Gasteiger partial charge >= 0.3 is 11.4 Å². The number of nitrogens with two attached hydrogens (primary N) is 1. The highest BCUT2D eigenvalue weighted by molar-refractivity contribution is 6.04. The molecule has 12 heteroatoms. The van der Waals surface area contributed by atoms with Crippen LogP contribution in [0.15, 0.2) is 131 Å². The summed E-state index contributed by atoms with van der Waals surface area (Å²) in [5, 5.41) is 0. The third-order valence-electron chi connectivity index (χ3n) is 11.8. The maximum atomic E-state index is 12.9. The Morgan fingerprint density at radius 1 is 0.483 bits per heavy atom. The van der Waals surface area contributed by atoms with E-state index in [0.29, 0.717) is 17.1 Å². The molecule has 0 fully saturated rings. The molecule has 0 aliphatic heterocycles. The lowest BCUT2D eigenvalue weighted by Crippen LogP contribution is -2.22. The molecule has 12 nitrogen and oxygen atoms in total. The second-order valence-corrected chi connectivity index (χ2v) is 17.7. The molecule has 0 aliphatic rings. The molecule has 0 unspecified atom stereocenters. The Balaban J connectivity index is 0.000000136. The number of para-hydroxylation sites is 8. The normalized spacial score (nSPS) is 12.7. The zero-order valence-corrected chi connectivity index (χ0v) is 34.1. The minimum atomic E-state index is -0.281. The van der Waals surface area contributed by atoms with Crippen molar-refractivity contribution in [2.45, 2.75) is 52.4 Å². The summed E-state index contributed by atoms with van der Waals surface area (Å²) in [6.45, 7) is 13.1. The van der Waals surface area contributed by atoms with Crippen LogP contribution in [0.4, 0.5) is 5.69 Å². The predicted octanol–water partition coefficient (Wildman–Crippen LogP) is 9.26. The van der Waals surface area contributed by atoms with Crippen molar-refractivity contribution in [3.8, 4) is 11.4 Å².